The first-order valence-electron chi connectivity index (χ1n) is 5.48. The van der Waals surface area contributed by atoms with E-state index in [2.05, 4.69) is 52.8 Å². The van der Waals surface area contributed by atoms with Crippen LogP contribution < -0.4 is 10.6 Å². The molecule has 108 valence electrons. The van der Waals surface area contributed by atoms with E-state index in [1.165, 1.54) is 0 Å². The summed E-state index contributed by atoms with van der Waals surface area (Å²) in [6.45, 7) is 5.41. The number of anilines is 2. The number of halogens is 3. The largest absolute Gasteiger partial charge is 0.396 e. The molecule has 9 heteroatoms. The molecule has 0 radical (unpaired) electrons. The second-order valence-corrected chi connectivity index (χ2v) is 14.0. The third-order valence-electron chi connectivity index (χ3n) is 2.52. The summed E-state index contributed by atoms with van der Waals surface area (Å²) in [5.74, 6) is 0.578. The van der Waals surface area contributed by atoms with Gasteiger partial charge in [-0.3, -0.25) is 0 Å². The van der Waals surface area contributed by atoms with Crippen LogP contribution in [0.25, 0.3) is 0 Å². The van der Waals surface area contributed by atoms with Crippen LogP contribution in [0.5, 0.6) is 0 Å². The Hall–Kier alpha value is 0.140. The van der Waals surface area contributed by atoms with E-state index in [0.717, 1.165) is 13.1 Å². The number of pyridine rings is 1. The lowest BCUT2D eigenvalue weighted by Gasteiger charge is -2.22. The highest BCUT2D eigenvalue weighted by Gasteiger charge is 2.40. The highest BCUT2D eigenvalue weighted by Crippen LogP contribution is 2.44. The van der Waals surface area contributed by atoms with Gasteiger partial charge in [-0.05, 0) is 73.8 Å². The number of hydrogen-bond donors (Lipinski definition) is 1. The number of rotatable bonds is 4. The molecule has 1 rings (SSSR count). The van der Waals surface area contributed by atoms with E-state index < -0.39 is 11.3 Å². The quantitative estimate of drug-likeness (QED) is 0.671. The maximum Gasteiger partial charge on any atom is 0.241 e. The topological polar surface area (TPSA) is 76.3 Å². The van der Waals surface area contributed by atoms with Gasteiger partial charge in [0.1, 0.15) is 5.82 Å². The monoisotopic (exact) mass is 477 g/mol. The number of nitrogen functional groups attached to an aromatic ring is 1. The van der Waals surface area contributed by atoms with E-state index >= 15 is 0 Å². The molecule has 2 N–H and O–H groups in total. The highest BCUT2D eigenvalue weighted by atomic mass is 80.0. The Balaban J connectivity index is 3.42. The van der Waals surface area contributed by atoms with Crippen molar-refractivity contribution in [3.8, 4) is 0 Å². The fraction of sp³-hybridized carbons (Fsp3) is 0.500. The van der Waals surface area contributed by atoms with Crippen LogP contribution in [0.4, 0.5) is 11.5 Å². The zero-order chi connectivity index (χ0) is 14.8. The maximum absolute atomic E-state index is 12.3. The molecular formula is C10H14Br3N3O2S. The summed E-state index contributed by atoms with van der Waals surface area (Å²) in [5, 5.41) is -0.164. The van der Waals surface area contributed by atoms with Crippen molar-refractivity contribution in [2.45, 2.75) is 20.3 Å². The van der Waals surface area contributed by atoms with E-state index in [4.69, 9.17) is 5.73 Å². The molecule has 0 spiro atoms. The first-order chi connectivity index (χ1) is 8.65. The molecule has 1 heterocycles. The third-order valence-corrected chi connectivity index (χ3v) is 7.80. The van der Waals surface area contributed by atoms with E-state index in [9.17, 15) is 8.42 Å². The van der Waals surface area contributed by atoms with Crippen LogP contribution in [-0.4, -0.2) is 28.0 Å². The summed E-state index contributed by atoms with van der Waals surface area (Å²) < 4.78 is 23.2. The molecule has 1 aromatic rings. The molecule has 0 fully saturated rings. The predicted octanol–water partition coefficient (Wildman–Crippen LogP) is 3.08. The highest BCUT2D eigenvalue weighted by molar-refractivity contribution is 9.42. The van der Waals surface area contributed by atoms with E-state index in [1.54, 1.807) is 12.1 Å². The summed E-state index contributed by atoms with van der Waals surface area (Å²) >= 11 is 9.01. The van der Waals surface area contributed by atoms with Gasteiger partial charge in [-0.1, -0.05) is 0 Å². The Kier molecular flexibility index (Phi) is 5.68. The maximum atomic E-state index is 12.3. The first-order valence-corrected chi connectivity index (χ1v) is 9.34. The Morgan fingerprint density at radius 1 is 1.26 bits per heavy atom. The number of alkyl halides is 3. The fourth-order valence-electron chi connectivity index (χ4n) is 1.49. The smallest absolute Gasteiger partial charge is 0.241 e. The molecule has 0 aromatic carbocycles. The van der Waals surface area contributed by atoms with Crippen molar-refractivity contribution in [3.63, 3.8) is 0 Å². The van der Waals surface area contributed by atoms with Gasteiger partial charge in [0.2, 0.25) is 11.3 Å². The molecule has 0 aliphatic rings. The Labute approximate surface area is 138 Å². The summed E-state index contributed by atoms with van der Waals surface area (Å²) in [5.41, 5.74) is 5.84. The molecule has 0 amide bonds. The van der Waals surface area contributed by atoms with E-state index in [1.807, 2.05) is 18.7 Å². The van der Waals surface area contributed by atoms with Crippen molar-refractivity contribution < 1.29 is 8.42 Å². The van der Waals surface area contributed by atoms with Gasteiger partial charge in [0.05, 0.1) is 5.69 Å². The zero-order valence-electron chi connectivity index (χ0n) is 10.4. The lowest BCUT2D eigenvalue weighted by Crippen LogP contribution is -2.26. The molecule has 0 bridgehead atoms. The Morgan fingerprint density at radius 3 is 2.21 bits per heavy atom. The van der Waals surface area contributed by atoms with Crippen molar-refractivity contribution in [1.82, 2.24) is 4.98 Å². The molecule has 5 nitrogen and oxygen atoms in total. The molecule has 0 aliphatic carbocycles. The van der Waals surface area contributed by atoms with Gasteiger partial charge in [0.25, 0.3) is 0 Å². The minimum atomic E-state index is -3.79. The first kappa shape index (κ1) is 17.2. The van der Waals surface area contributed by atoms with Crippen molar-refractivity contribution >= 4 is 69.1 Å². The van der Waals surface area contributed by atoms with Crippen LogP contribution in [-0.2, 0) is 9.84 Å². The lowest BCUT2D eigenvalue weighted by atomic mass is 10.4. The number of nitrogens with two attached hydrogens (primary N) is 1. The van der Waals surface area contributed by atoms with Crippen molar-refractivity contribution in [3.05, 3.63) is 12.1 Å². The summed E-state index contributed by atoms with van der Waals surface area (Å²) in [7, 11) is -3.79. The van der Waals surface area contributed by atoms with Crippen LogP contribution in [0.2, 0.25) is 0 Å². The van der Waals surface area contributed by atoms with Crippen LogP contribution in [0.3, 0.4) is 0 Å². The van der Waals surface area contributed by atoms with Gasteiger partial charge in [-0.25, -0.2) is 13.4 Å². The van der Waals surface area contributed by atoms with Crippen LogP contribution in [0, 0.1) is 0 Å². The predicted molar refractivity (Wildman–Crippen MR) is 88.9 cm³/mol. The normalized spacial score (nSPS) is 12.5. The van der Waals surface area contributed by atoms with Gasteiger partial charge in [-0.2, -0.15) is 0 Å². The molecule has 0 aliphatic heterocycles. The number of nitrogens with zero attached hydrogens (tertiary/aromatic N) is 2. The molecule has 0 saturated carbocycles. The van der Waals surface area contributed by atoms with Gasteiger partial charge >= 0.3 is 0 Å². The fourth-order valence-corrected chi connectivity index (χ4v) is 3.68. The van der Waals surface area contributed by atoms with Gasteiger partial charge in [0, 0.05) is 13.1 Å². The average molecular weight is 480 g/mol. The van der Waals surface area contributed by atoms with E-state index in [-0.39, 0.29) is 10.7 Å². The minimum absolute atomic E-state index is 0.110. The van der Waals surface area contributed by atoms with Gasteiger partial charge in [0.15, 0.2) is 5.03 Å². The second kappa shape index (κ2) is 6.28. The van der Waals surface area contributed by atoms with Crippen LogP contribution in [0.1, 0.15) is 13.8 Å². The zero-order valence-corrected chi connectivity index (χ0v) is 16.0. The Morgan fingerprint density at radius 2 is 1.79 bits per heavy atom. The van der Waals surface area contributed by atoms with Gasteiger partial charge < -0.3 is 10.6 Å². The lowest BCUT2D eigenvalue weighted by molar-refractivity contribution is 0.595. The summed E-state index contributed by atoms with van der Waals surface area (Å²) in [4.78, 5) is 6.12. The molecule has 1 aromatic heterocycles. The summed E-state index contributed by atoms with van der Waals surface area (Å²) in [6, 6.07) is 3.26. The number of hydrogen-bond acceptors (Lipinski definition) is 5. The molecule has 0 unspecified atom stereocenters. The molecule has 0 atom stereocenters. The number of sulfone groups is 1. The standard InChI is InChI=1S/C10H14Br3N3O2S/c1-3-16(4-2)8-6-5-7(14)9(15-8)19(17,18)10(11,12)13/h5-6H,3-4,14H2,1-2H3. The Bertz CT molecular complexity index is 554. The minimum Gasteiger partial charge on any atom is -0.396 e. The van der Waals surface area contributed by atoms with Crippen molar-refractivity contribution in [2.75, 3.05) is 23.7 Å². The molecule has 19 heavy (non-hydrogen) atoms. The van der Waals surface area contributed by atoms with Gasteiger partial charge in [-0.15, -0.1) is 0 Å². The van der Waals surface area contributed by atoms with E-state index in [0.29, 0.717) is 5.82 Å². The molecular weight excluding hydrogens is 466 g/mol. The average Bonchev–Trinajstić information content (AvgIpc) is 2.31. The third kappa shape index (κ3) is 3.62. The van der Waals surface area contributed by atoms with Crippen LogP contribution >= 0.6 is 47.8 Å². The summed E-state index contributed by atoms with van der Waals surface area (Å²) in [6.07, 6.45) is 0. The molecule has 0 saturated heterocycles. The van der Waals surface area contributed by atoms with Crippen molar-refractivity contribution in [1.29, 1.82) is 0 Å². The number of aromatic nitrogens is 1. The SMILES string of the molecule is CCN(CC)c1ccc(N)c(S(=O)(=O)C(Br)(Br)Br)n1. The van der Waals surface area contributed by atoms with Crippen LogP contribution in [0.15, 0.2) is 17.2 Å². The van der Waals surface area contributed by atoms with Crippen molar-refractivity contribution in [2.24, 2.45) is 0 Å². The second-order valence-electron chi connectivity index (χ2n) is 3.69.